The van der Waals surface area contributed by atoms with Crippen LogP contribution in [0.1, 0.15) is 20.8 Å². The Balaban J connectivity index is 2.09. The van der Waals surface area contributed by atoms with E-state index in [9.17, 15) is 13.2 Å². The van der Waals surface area contributed by atoms with Crippen LogP contribution in [0.2, 0.25) is 0 Å². The molecule has 7 heteroatoms. The third kappa shape index (κ3) is 3.49. The smallest absolute Gasteiger partial charge is 0.262 e. The Morgan fingerprint density at radius 2 is 1.62 bits per heavy atom. The van der Waals surface area contributed by atoms with Crippen molar-refractivity contribution in [3.8, 4) is 11.1 Å². The molecule has 26 heavy (non-hydrogen) atoms. The Morgan fingerprint density at radius 1 is 1.00 bits per heavy atom. The van der Waals surface area contributed by atoms with Crippen LogP contribution in [0.5, 0.6) is 0 Å². The minimum absolute atomic E-state index is 0.130. The Morgan fingerprint density at radius 3 is 2.19 bits per heavy atom. The summed E-state index contributed by atoms with van der Waals surface area (Å²) in [5.41, 5.74) is 8.20. The van der Waals surface area contributed by atoms with Crippen LogP contribution in [-0.4, -0.2) is 14.3 Å². The molecule has 0 atom stereocenters. The summed E-state index contributed by atoms with van der Waals surface area (Å²) in [5, 5.41) is 0.231. The zero-order valence-electron chi connectivity index (χ0n) is 14.3. The maximum absolute atomic E-state index is 12.7. The van der Waals surface area contributed by atoms with E-state index in [1.807, 2.05) is 44.2 Å². The van der Waals surface area contributed by atoms with Gasteiger partial charge in [0.15, 0.2) is 0 Å². The first-order valence-corrected chi connectivity index (χ1v) is 10.2. The highest BCUT2D eigenvalue weighted by molar-refractivity contribution is 7.93. The molecule has 0 radical (unpaired) electrons. The first-order valence-electron chi connectivity index (χ1n) is 7.87. The van der Waals surface area contributed by atoms with Gasteiger partial charge in [0.2, 0.25) is 0 Å². The van der Waals surface area contributed by atoms with E-state index >= 15 is 0 Å². The molecule has 134 valence electrons. The predicted molar refractivity (Wildman–Crippen MR) is 105 cm³/mol. The first kappa shape index (κ1) is 18.2. The summed E-state index contributed by atoms with van der Waals surface area (Å²) in [5.74, 6) is -0.671. The average Bonchev–Trinajstić information content (AvgIpc) is 2.91. The Hall–Kier alpha value is -2.64. The summed E-state index contributed by atoms with van der Waals surface area (Å²) in [6.07, 6.45) is 0. The molecule has 0 aliphatic carbocycles. The van der Waals surface area contributed by atoms with Crippen molar-refractivity contribution >= 4 is 32.3 Å². The second-order valence-corrected chi connectivity index (χ2v) is 8.79. The normalized spacial score (nSPS) is 11.3. The molecule has 0 aliphatic heterocycles. The predicted octanol–water partition coefficient (Wildman–Crippen LogP) is 3.93. The molecule has 3 rings (SSSR count). The van der Waals surface area contributed by atoms with Gasteiger partial charge in [-0.25, -0.2) is 8.42 Å². The van der Waals surface area contributed by atoms with Gasteiger partial charge in [0.25, 0.3) is 15.9 Å². The fourth-order valence-electron chi connectivity index (χ4n) is 2.70. The molecule has 1 aromatic heterocycles. The Bertz CT molecular complexity index is 1050. The van der Waals surface area contributed by atoms with Crippen LogP contribution < -0.4 is 10.5 Å². The molecule has 0 saturated heterocycles. The topological polar surface area (TPSA) is 89.3 Å². The lowest BCUT2D eigenvalue weighted by Gasteiger charge is -2.09. The first-order chi connectivity index (χ1) is 12.3. The van der Waals surface area contributed by atoms with Gasteiger partial charge < -0.3 is 5.73 Å². The molecule has 5 nitrogen and oxygen atoms in total. The molecule has 1 amide bonds. The SMILES string of the molecule is Cc1ccc(S(=O)(=O)Nc2sc(C)c(-c3ccccc3)c2C(N)=O)cc1. The van der Waals surface area contributed by atoms with Crippen LogP contribution in [0.3, 0.4) is 0 Å². The number of aryl methyl sites for hydroxylation is 2. The number of primary amides is 1. The van der Waals surface area contributed by atoms with Crippen LogP contribution in [0.25, 0.3) is 11.1 Å². The molecule has 1 heterocycles. The van der Waals surface area contributed by atoms with Crippen molar-refractivity contribution in [3.63, 3.8) is 0 Å². The van der Waals surface area contributed by atoms with E-state index < -0.39 is 15.9 Å². The largest absolute Gasteiger partial charge is 0.365 e. The molecule has 0 spiro atoms. The zero-order valence-corrected chi connectivity index (χ0v) is 15.9. The number of hydrogen-bond acceptors (Lipinski definition) is 4. The van der Waals surface area contributed by atoms with Crippen molar-refractivity contribution in [2.45, 2.75) is 18.7 Å². The molecule has 0 aliphatic rings. The summed E-state index contributed by atoms with van der Waals surface area (Å²) in [7, 11) is -3.82. The number of thiophene rings is 1. The molecular formula is C19H18N2O3S2. The van der Waals surface area contributed by atoms with Gasteiger partial charge in [-0.3, -0.25) is 9.52 Å². The summed E-state index contributed by atoms with van der Waals surface area (Å²) < 4.78 is 27.9. The third-order valence-corrected chi connectivity index (χ3v) is 6.47. The van der Waals surface area contributed by atoms with Gasteiger partial charge >= 0.3 is 0 Å². The van der Waals surface area contributed by atoms with E-state index in [4.69, 9.17) is 5.73 Å². The number of hydrogen-bond donors (Lipinski definition) is 2. The van der Waals surface area contributed by atoms with Crippen molar-refractivity contribution in [1.29, 1.82) is 0 Å². The van der Waals surface area contributed by atoms with E-state index in [0.29, 0.717) is 5.56 Å². The number of amides is 1. The van der Waals surface area contributed by atoms with Gasteiger partial charge in [0.05, 0.1) is 10.5 Å². The number of nitrogens with two attached hydrogens (primary N) is 1. The number of nitrogens with one attached hydrogen (secondary N) is 1. The number of rotatable bonds is 5. The lowest BCUT2D eigenvalue weighted by atomic mass is 10.0. The summed E-state index contributed by atoms with van der Waals surface area (Å²) in [6, 6.07) is 15.8. The minimum atomic E-state index is -3.82. The van der Waals surface area contributed by atoms with Crippen molar-refractivity contribution in [1.82, 2.24) is 0 Å². The lowest BCUT2D eigenvalue weighted by molar-refractivity contribution is 0.100. The van der Waals surface area contributed by atoms with Gasteiger partial charge in [-0.15, -0.1) is 11.3 Å². The van der Waals surface area contributed by atoms with Crippen LogP contribution in [-0.2, 0) is 10.0 Å². The highest BCUT2D eigenvalue weighted by Gasteiger charge is 2.25. The maximum Gasteiger partial charge on any atom is 0.262 e. The summed E-state index contributed by atoms with van der Waals surface area (Å²) in [4.78, 5) is 13.0. The Kier molecular flexibility index (Phi) is 4.84. The van der Waals surface area contributed by atoms with Crippen molar-refractivity contribution < 1.29 is 13.2 Å². The zero-order chi connectivity index (χ0) is 18.9. The lowest BCUT2D eigenvalue weighted by Crippen LogP contribution is -2.17. The minimum Gasteiger partial charge on any atom is -0.365 e. The van der Waals surface area contributed by atoms with Gasteiger partial charge in [-0.2, -0.15) is 0 Å². The highest BCUT2D eigenvalue weighted by Crippen LogP contribution is 2.40. The monoisotopic (exact) mass is 386 g/mol. The van der Waals surface area contributed by atoms with E-state index in [1.54, 1.807) is 12.1 Å². The molecule has 0 bridgehead atoms. The Labute approximate surface area is 156 Å². The molecule has 0 fully saturated rings. The number of carbonyl (C=O) groups excluding carboxylic acids is 1. The quantitative estimate of drug-likeness (QED) is 0.696. The van der Waals surface area contributed by atoms with Crippen LogP contribution in [0.4, 0.5) is 5.00 Å². The van der Waals surface area contributed by atoms with E-state index in [1.165, 1.54) is 23.5 Å². The van der Waals surface area contributed by atoms with E-state index in [2.05, 4.69) is 4.72 Å². The van der Waals surface area contributed by atoms with Crippen LogP contribution >= 0.6 is 11.3 Å². The molecule has 3 N–H and O–H groups in total. The molecule has 0 saturated carbocycles. The van der Waals surface area contributed by atoms with Crippen molar-refractivity contribution in [2.24, 2.45) is 5.73 Å². The fourth-order valence-corrected chi connectivity index (χ4v) is 5.09. The molecule has 2 aromatic carbocycles. The van der Waals surface area contributed by atoms with Crippen LogP contribution in [0.15, 0.2) is 59.5 Å². The molecule has 0 unspecified atom stereocenters. The number of carbonyl (C=O) groups is 1. The van der Waals surface area contributed by atoms with E-state index in [0.717, 1.165) is 16.0 Å². The van der Waals surface area contributed by atoms with Gasteiger partial charge in [0.1, 0.15) is 5.00 Å². The number of sulfonamides is 1. The second kappa shape index (κ2) is 6.93. The van der Waals surface area contributed by atoms with Gasteiger partial charge in [-0.1, -0.05) is 48.0 Å². The average molecular weight is 386 g/mol. The number of anilines is 1. The summed E-state index contributed by atoms with van der Waals surface area (Å²) in [6.45, 7) is 3.72. The van der Waals surface area contributed by atoms with Gasteiger partial charge in [-0.05, 0) is 31.5 Å². The fraction of sp³-hybridized carbons (Fsp3) is 0.105. The van der Waals surface area contributed by atoms with Crippen molar-refractivity contribution in [2.75, 3.05) is 4.72 Å². The maximum atomic E-state index is 12.7. The van der Waals surface area contributed by atoms with E-state index in [-0.39, 0.29) is 15.5 Å². The van der Waals surface area contributed by atoms with Crippen LogP contribution in [0, 0.1) is 13.8 Å². The highest BCUT2D eigenvalue weighted by atomic mass is 32.2. The van der Waals surface area contributed by atoms with Gasteiger partial charge in [0, 0.05) is 10.4 Å². The molecule has 3 aromatic rings. The second-order valence-electron chi connectivity index (χ2n) is 5.89. The number of benzene rings is 2. The summed E-state index contributed by atoms with van der Waals surface area (Å²) >= 11 is 1.20. The standard InChI is InChI=1S/C19H18N2O3S2/c1-12-8-10-15(11-9-12)26(23,24)21-19-17(18(20)22)16(13(2)25-19)14-6-4-3-5-7-14/h3-11,21H,1-2H3,(H2,20,22). The third-order valence-electron chi connectivity index (χ3n) is 3.95. The van der Waals surface area contributed by atoms with Crippen molar-refractivity contribution in [3.05, 3.63) is 70.6 Å². The molecular weight excluding hydrogens is 368 g/mol.